The van der Waals surface area contributed by atoms with Crippen LogP contribution in [-0.4, -0.2) is 15.0 Å². The number of aromatic nitrogens is 3. The lowest BCUT2D eigenvalue weighted by molar-refractivity contribution is 0.558. The van der Waals surface area contributed by atoms with Crippen LogP contribution in [0.15, 0.2) is 33.9 Å². The van der Waals surface area contributed by atoms with E-state index < -0.39 is 5.76 Å². The third-order valence-electron chi connectivity index (χ3n) is 2.05. The van der Waals surface area contributed by atoms with E-state index >= 15 is 0 Å². The number of nitrogens with one attached hydrogen (secondary N) is 1. The fourth-order valence-corrected chi connectivity index (χ4v) is 1.45. The van der Waals surface area contributed by atoms with Crippen molar-refractivity contribution in [1.82, 2.24) is 15.0 Å². The van der Waals surface area contributed by atoms with Crippen molar-refractivity contribution in [2.45, 2.75) is 0 Å². The zero-order valence-corrected chi connectivity index (χ0v) is 7.02. The molecule has 0 radical (unpaired) electrons. The smallest absolute Gasteiger partial charge is 0.407 e. The summed E-state index contributed by atoms with van der Waals surface area (Å²) in [6, 6.07) is 1.77. The Morgan fingerprint density at radius 1 is 1.36 bits per heavy atom. The largest absolute Gasteiger partial charge is 0.417 e. The minimum Gasteiger partial charge on any atom is -0.407 e. The number of oxazole rings is 1. The van der Waals surface area contributed by atoms with Crippen LogP contribution in [0.3, 0.4) is 0 Å². The maximum atomic E-state index is 11.0. The molecule has 0 atom stereocenters. The van der Waals surface area contributed by atoms with Crippen LogP contribution in [0.2, 0.25) is 0 Å². The van der Waals surface area contributed by atoms with Crippen LogP contribution in [0.5, 0.6) is 0 Å². The molecule has 0 saturated carbocycles. The third-order valence-corrected chi connectivity index (χ3v) is 2.05. The molecule has 5 nitrogen and oxygen atoms in total. The number of hydrogen-bond donors (Lipinski definition) is 1. The number of pyridine rings is 2. The molecular formula is C9H5N3O2. The van der Waals surface area contributed by atoms with Crippen molar-refractivity contribution in [2.75, 3.05) is 0 Å². The first kappa shape index (κ1) is 7.25. The highest BCUT2D eigenvalue weighted by Crippen LogP contribution is 2.19. The lowest BCUT2D eigenvalue weighted by Gasteiger charge is -1.94. The van der Waals surface area contributed by atoms with E-state index in [9.17, 15) is 4.79 Å². The van der Waals surface area contributed by atoms with Gasteiger partial charge in [-0.15, -0.1) is 0 Å². The van der Waals surface area contributed by atoms with Gasteiger partial charge in [-0.3, -0.25) is 15.0 Å². The van der Waals surface area contributed by atoms with E-state index in [1.165, 1.54) is 0 Å². The van der Waals surface area contributed by atoms with Crippen LogP contribution in [0.1, 0.15) is 0 Å². The molecule has 0 saturated heterocycles. The topological polar surface area (TPSA) is 71.8 Å². The monoisotopic (exact) mass is 187 g/mol. The highest BCUT2D eigenvalue weighted by molar-refractivity contribution is 5.99. The second-order valence-corrected chi connectivity index (χ2v) is 2.91. The molecular weight excluding hydrogens is 182 g/mol. The summed E-state index contributed by atoms with van der Waals surface area (Å²) >= 11 is 0. The van der Waals surface area contributed by atoms with E-state index in [0.717, 1.165) is 5.39 Å². The number of H-pyrrole nitrogens is 1. The zero-order valence-electron chi connectivity index (χ0n) is 7.02. The van der Waals surface area contributed by atoms with E-state index in [4.69, 9.17) is 4.42 Å². The van der Waals surface area contributed by atoms with Gasteiger partial charge in [0.05, 0.1) is 17.9 Å². The highest BCUT2D eigenvalue weighted by Gasteiger charge is 2.05. The van der Waals surface area contributed by atoms with Crippen LogP contribution in [0.4, 0.5) is 0 Å². The summed E-state index contributed by atoms with van der Waals surface area (Å²) in [7, 11) is 0. The molecule has 0 aromatic carbocycles. The lowest BCUT2D eigenvalue weighted by atomic mass is 10.2. The summed E-state index contributed by atoms with van der Waals surface area (Å²) in [4.78, 5) is 21.6. The quantitative estimate of drug-likeness (QED) is 0.571. The summed E-state index contributed by atoms with van der Waals surface area (Å²) < 4.78 is 5.00. The van der Waals surface area contributed by atoms with Crippen LogP contribution in [-0.2, 0) is 0 Å². The fourth-order valence-electron chi connectivity index (χ4n) is 1.45. The van der Waals surface area contributed by atoms with Gasteiger partial charge in [0.15, 0.2) is 5.58 Å². The van der Waals surface area contributed by atoms with Crippen LogP contribution in [0, 0.1) is 0 Å². The van der Waals surface area contributed by atoms with Crippen LogP contribution >= 0.6 is 0 Å². The Labute approximate surface area is 77.4 Å². The average Bonchev–Trinajstić information content (AvgIpc) is 2.59. The molecule has 3 heterocycles. The van der Waals surface area contributed by atoms with Crippen LogP contribution < -0.4 is 5.76 Å². The lowest BCUT2D eigenvalue weighted by Crippen LogP contribution is -1.92. The van der Waals surface area contributed by atoms with Crippen molar-refractivity contribution in [3.8, 4) is 0 Å². The van der Waals surface area contributed by atoms with Gasteiger partial charge in [-0.2, -0.15) is 0 Å². The minimum absolute atomic E-state index is 0.467. The Morgan fingerprint density at radius 3 is 3.21 bits per heavy atom. The molecule has 0 amide bonds. The second kappa shape index (κ2) is 2.41. The number of rotatable bonds is 0. The van der Waals surface area contributed by atoms with E-state index in [-0.39, 0.29) is 0 Å². The summed E-state index contributed by atoms with van der Waals surface area (Å²) in [6.45, 7) is 0. The Kier molecular flexibility index (Phi) is 1.25. The van der Waals surface area contributed by atoms with Gasteiger partial charge in [0.1, 0.15) is 5.52 Å². The van der Waals surface area contributed by atoms with Crippen molar-refractivity contribution in [3.63, 3.8) is 0 Å². The molecule has 0 spiro atoms. The van der Waals surface area contributed by atoms with Gasteiger partial charge in [0.2, 0.25) is 0 Å². The van der Waals surface area contributed by atoms with Gasteiger partial charge in [-0.25, -0.2) is 4.79 Å². The van der Waals surface area contributed by atoms with Crippen molar-refractivity contribution in [1.29, 1.82) is 0 Å². The molecule has 5 heteroatoms. The minimum atomic E-state index is -0.467. The predicted octanol–water partition coefficient (Wildman–Crippen LogP) is 1.06. The predicted molar refractivity (Wildman–Crippen MR) is 49.9 cm³/mol. The number of fused-ring (bicyclic) bond motifs is 3. The molecule has 3 aromatic rings. The first-order valence-electron chi connectivity index (χ1n) is 4.06. The molecule has 0 aliphatic heterocycles. The molecule has 3 aromatic heterocycles. The van der Waals surface area contributed by atoms with Crippen molar-refractivity contribution in [3.05, 3.63) is 35.2 Å². The second-order valence-electron chi connectivity index (χ2n) is 2.91. The molecule has 14 heavy (non-hydrogen) atoms. The Bertz CT molecular complexity index is 668. The van der Waals surface area contributed by atoms with E-state index in [1.807, 2.05) is 0 Å². The zero-order chi connectivity index (χ0) is 9.54. The first-order chi connectivity index (χ1) is 6.84. The summed E-state index contributed by atoms with van der Waals surface area (Å²) in [5.41, 5.74) is 1.85. The molecule has 0 fully saturated rings. The highest BCUT2D eigenvalue weighted by atomic mass is 16.4. The van der Waals surface area contributed by atoms with Crippen molar-refractivity contribution in [2.24, 2.45) is 0 Å². The van der Waals surface area contributed by atoms with Gasteiger partial charge in [0.25, 0.3) is 0 Å². The van der Waals surface area contributed by atoms with Gasteiger partial charge >= 0.3 is 5.76 Å². The van der Waals surface area contributed by atoms with Gasteiger partial charge in [-0.1, -0.05) is 0 Å². The molecule has 0 bridgehead atoms. The SMILES string of the molecule is O=c1[nH]c2cnc3cnccc3c2o1. The first-order valence-corrected chi connectivity index (χ1v) is 4.06. The van der Waals surface area contributed by atoms with Crippen LogP contribution in [0.25, 0.3) is 22.0 Å². The Hall–Kier alpha value is -2.17. The van der Waals surface area contributed by atoms with Gasteiger partial charge < -0.3 is 4.42 Å². The normalized spacial score (nSPS) is 11.1. The van der Waals surface area contributed by atoms with Crippen molar-refractivity contribution < 1.29 is 4.42 Å². The van der Waals surface area contributed by atoms with E-state index in [1.54, 1.807) is 24.7 Å². The number of aromatic amines is 1. The summed E-state index contributed by atoms with van der Waals surface area (Å²) in [5.74, 6) is -0.467. The number of nitrogens with zero attached hydrogens (tertiary/aromatic N) is 2. The summed E-state index contributed by atoms with van der Waals surface area (Å²) in [5, 5.41) is 0.788. The molecule has 3 rings (SSSR count). The molecule has 1 N–H and O–H groups in total. The van der Waals surface area contributed by atoms with E-state index in [2.05, 4.69) is 15.0 Å². The fraction of sp³-hybridized carbons (Fsp3) is 0. The number of hydrogen-bond acceptors (Lipinski definition) is 4. The average molecular weight is 187 g/mol. The Morgan fingerprint density at radius 2 is 2.29 bits per heavy atom. The maximum absolute atomic E-state index is 11.0. The molecule has 0 unspecified atom stereocenters. The maximum Gasteiger partial charge on any atom is 0.417 e. The summed E-state index contributed by atoms with van der Waals surface area (Å²) in [6.07, 6.45) is 4.82. The Balaban J connectivity index is 2.66. The standard InChI is InChI=1S/C9H5N3O2/c13-9-12-7-4-11-6-3-10-2-1-5(6)8(7)14-9/h1-4H,(H,12,13). The molecule has 0 aliphatic carbocycles. The molecule has 68 valence electrons. The van der Waals surface area contributed by atoms with Gasteiger partial charge in [-0.05, 0) is 6.07 Å². The third kappa shape index (κ3) is 0.861. The molecule has 0 aliphatic rings. The van der Waals surface area contributed by atoms with Crippen molar-refractivity contribution >= 4 is 22.0 Å². The van der Waals surface area contributed by atoms with Gasteiger partial charge in [0, 0.05) is 11.6 Å². The van der Waals surface area contributed by atoms with E-state index in [0.29, 0.717) is 16.6 Å².